The third-order valence-corrected chi connectivity index (χ3v) is 2.01. The molecule has 0 unspecified atom stereocenters. The first-order valence-corrected chi connectivity index (χ1v) is 5.01. The van der Waals surface area contributed by atoms with Crippen molar-refractivity contribution in [3.05, 3.63) is 6.92 Å². The van der Waals surface area contributed by atoms with Crippen LogP contribution in [0.15, 0.2) is 0 Å². The lowest BCUT2D eigenvalue weighted by Gasteiger charge is -1.98. The normalized spacial score (nSPS) is 10.2. The molecule has 0 aromatic carbocycles. The van der Waals surface area contributed by atoms with Crippen molar-refractivity contribution in [2.75, 3.05) is 0 Å². The predicted octanol–water partition coefficient (Wildman–Crippen LogP) is 3.28. The second kappa shape index (κ2) is 8.76. The highest BCUT2D eigenvalue weighted by Crippen LogP contribution is 2.08. The van der Waals surface area contributed by atoms with E-state index in [2.05, 4.69) is 6.92 Å². The first kappa shape index (κ1) is 11.7. The van der Waals surface area contributed by atoms with E-state index in [1.165, 1.54) is 32.1 Å². The molecule has 3 radical (unpaired) electrons. The van der Waals surface area contributed by atoms with Crippen molar-refractivity contribution < 1.29 is 4.79 Å². The van der Waals surface area contributed by atoms with Crippen LogP contribution in [0.2, 0.25) is 0 Å². The van der Waals surface area contributed by atoms with Gasteiger partial charge in [0, 0.05) is 6.42 Å². The first-order valence-electron chi connectivity index (χ1n) is 5.01. The Hall–Kier alpha value is -0.330. The zero-order valence-corrected chi connectivity index (χ0v) is 8.07. The molecule has 12 heavy (non-hydrogen) atoms. The Morgan fingerprint density at radius 2 is 1.50 bits per heavy atom. The van der Waals surface area contributed by atoms with E-state index < -0.39 is 5.78 Å². The number of rotatable bonds is 8. The summed E-state index contributed by atoms with van der Waals surface area (Å²) in [6.07, 6.45) is 8.94. The molecule has 0 saturated heterocycles. The van der Waals surface area contributed by atoms with E-state index in [0.717, 1.165) is 12.8 Å². The molecule has 0 atom stereocenters. The molecular weight excluding hydrogens is 148 g/mol. The molecule has 0 heterocycles. The van der Waals surface area contributed by atoms with Gasteiger partial charge < -0.3 is 0 Å². The van der Waals surface area contributed by atoms with Gasteiger partial charge in [0.2, 0.25) is 0 Å². The lowest BCUT2D eigenvalue weighted by atomic mass is 10.1. The van der Waals surface area contributed by atoms with Gasteiger partial charge in [0.05, 0.1) is 6.92 Å². The highest BCUT2D eigenvalue weighted by atomic mass is 16.1. The lowest BCUT2D eigenvalue weighted by Crippen LogP contribution is -1.89. The zero-order valence-electron chi connectivity index (χ0n) is 8.07. The number of hydrogen-bond donors (Lipinski definition) is 0. The minimum Gasteiger partial charge on any atom is -0.299 e. The Balaban J connectivity index is 2.86. The highest BCUT2D eigenvalue weighted by Gasteiger charge is 1.94. The van der Waals surface area contributed by atoms with Gasteiger partial charge in [-0.2, -0.15) is 0 Å². The molecular formula is C11H19O. The molecule has 0 aliphatic carbocycles. The fourth-order valence-corrected chi connectivity index (χ4v) is 1.24. The van der Waals surface area contributed by atoms with Gasteiger partial charge in [0.25, 0.3) is 0 Å². The van der Waals surface area contributed by atoms with E-state index in [9.17, 15) is 4.79 Å². The van der Waals surface area contributed by atoms with Gasteiger partial charge in [-0.05, 0) is 6.42 Å². The second-order valence-electron chi connectivity index (χ2n) is 3.29. The molecule has 0 spiro atoms. The molecule has 0 rings (SSSR count). The molecule has 0 aromatic rings. The summed E-state index contributed by atoms with van der Waals surface area (Å²) in [5.74, 6) is -0.413. The molecule has 0 fully saturated rings. The quantitative estimate of drug-likeness (QED) is 0.507. The SMILES string of the molecule is [C]C(=O)CCCCCCCCC. The van der Waals surface area contributed by atoms with E-state index in [4.69, 9.17) is 6.92 Å². The van der Waals surface area contributed by atoms with Crippen molar-refractivity contribution in [2.45, 2.75) is 58.3 Å². The minimum atomic E-state index is -0.413. The smallest absolute Gasteiger partial charge is 0.142 e. The van der Waals surface area contributed by atoms with Crippen molar-refractivity contribution in [1.82, 2.24) is 0 Å². The largest absolute Gasteiger partial charge is 0.299 e. The van der Waals surface area contributed by atoms with E-state index in [-0.39, 0.29) is 0 Å². The van der Waals surface area contributed by atoms with Gasteiger partial charge in [-0.25, -0.2) is 0 Å². The van der Waals surface area contributed by atoms with Crippen LogP contribution in [0.3, 0.4) is 0 Å². The average molecular weight is 167 g/mol. The minimum absolute atomic E-state index is 0.413. The zero-order chi connectivity index (χ0) is 9.23. The van der Waals surface area contributed by atoms with Crippen molar-refractivity contribution in [3.8, 4) is 0 Å². The summed E-state index contributed by atoms with van der Waals surface area (Å²) in [5, 5.41) is 0. The van der Waals surface area contributed by atoms with Crippen molar-refractivity contribution in [2.24, 2.45) is 0 Å². The Bertz CT molecular complexity index is 108. The van der Waals surface area contributed by atoms with Crippen LogP contribution in [0.25, 0.3) is 0 Å². The van der Waals surface area contributed by atoms with Crippen molar-refractivity contribution in [1.29, 1.82) is 0 Å². The van der Waals surface area contributed by atoms with Gasteiger partial charge in [0.1, 0.15) is 5.78 Å². The average Bonchev–Trinajstić information content (AvgIpc) is 2.02. The molecule has 69 valence electrons. The highest BCUT2D eigenvalue weighted by molar-refractivity contribution is 5.82. The summed E-state index contributed by atoms with van der Waals surface area (Å²) in [6, 6.07) is 0. The molecule has 0 bridgehead atoms. The predicted molar refractivity (Wildman–Crippen MR) is 50.9 cm³/mol. The summed E-state index contributed by atoms with van der Waals surface area (Å²) < 4.78 is 0. The van der Waals surface area contributed by atoms with Crippen molar-refractivity contribution in [3.63, 3.8) is 0 Å². The van der Waals surface area contributed by atoms with Gasteiger partial charge in [-0.15, -0.1) is 0 Å². The van der Waals surface area contributed by atoms with Crippen LogP contribution in [0.5, 0.6) is 0 Å². The number of ketones is 1. The van der Waals surface area contributed by atoms with Crippen molar-refractivity contribution >= 4 is 5.78 Å². The third kappa shape index (κ3) is 9.67. The van der Waals surface area contributed by atoms with E-state index in [1.54, 1.807) is 0 Å². The summed E-state index contributed by atoms with van der Waals surface area (Å²) in [4.78, 5) is 10.2. The monoisotopic (exact) mass is 167 g/mol. The molecule has 0 amide bonds. The van der Waals surface area contributed by atoms with Gasteiger partial charge in [-0.3, -0.25) is 4.79 Å². The number of unbranched alkanes of at least 4 members (excludes halogenated alkanes) is 6. The molecule has 0 saturated carbocycles. The maximum Gasteiger partial charge on any atom is 0.142 e. The van der Waals surface area contributed by atoms with Crippen LogP contribution in [0.4, 0.5) is 0 Å². The van der Waals surface area contributed by atoms with Gasteiger partial charge >= 0.3 is 0 Å². The molecule has 1 heteroatoms. The fourth-order valence-electron chi connectivity index (χ4n) is 1.24. The number of Topliss-reactive ketones (excluding diaryl/α,β-unsaturated/α-hetero) is 1. The number of hydrogen-bond acceptors (Lipinski definition) is 1. The van der Waals surface area contributed by atoms with Crippen LogP contribution in [-0.4, -0.2) is 5.78 Å². The Morgan fingerprint density at radius 3 is 2.00 bits per heavy atom. The summed E-state index contributed by atoms with van der Waals surface area (Å²) in [5.41, 5.74) is 0. The summed E-state index contributed by atoms with van der Waals surface area (Å²) in [7, 11) is 0. The first-order chi connectivity index (χ1) is 5.77. The van der Waals surface area contributed by atoms with Crippen LogP contribution >= 0.6 is 0 Å². The second-order valence-corrected chi connectivity index (χ2v) is 3.29. The number of carbonyl (C=O) groups excluding carboxylic acids is 1. The third-order valence-electron chi connectivity index (χ3n) is 2.01. The molecule has 0 aliphatic heterocycles. The van der Waals surface area contributed by atoms with Crippen LogP contribution in [-0.2, 0) is 4.79 Å². The lowest BCUT2D eigenvalue weighted by molar-refractivity contribution is -0.114. The standard InChI is InChI=1S/C11H19O/c1-3-4-5-6-7-8-9-10-11(2)12/h3-10H2,1H3. The summed E-state index contributed by atoms with van der Waals surface area (Å²) in [6.45, 7) is 8.89. The molecule has 0 aromatic heterocycles. The van der Waals surface area contributed by atoms with Gasteiger partial charge in [-0.1, -0.05) is 45.4 Å². The Morgan fingerprint density at radius 1 is 1.00 bits per heavy atom. The Kier molecular flexibility index (Phi) is 8.52. The molecule has 0 N–H and O–H groups in total. The van der Waals surface area contributed by atoms with Crippen LogP contribution in [0.1, 0.15) is 58.3 Å². The molecule has 1 nitrogen and oxygen atoms in total. The maximum absolute atomic E-state index is 10.2. The Labute approximate surface area is 76.6 Å². The van der Waals surface area contributed by atoms with E-state index in [1.807, 2.05) is 0 Å². The van der Waals surface area contributed by atoms with Crippen LogP contribution in [0, 0.1) is 6.92 Å². The maximum atomic E-state index is 10.2. The molecule has 0 aliphatic rings. The van der Waals surface area contributed by atoms with E-state index in [0.29, 0.717) is 6.42 Å². The number of carbonyl (C=O) groups is 1. The topological polar surface area (TPSA) is 17.1 Å². The van der Waals surface area contributed by atoms with E-state index >= 15 is 0 Å². The van der Waals surface area contributed by atoms with Crippen LogP contribution < -0.4 is 0 Å². The van der Waals surface area contributed by atoms with Gasteiger partial charge in [0.15, 0.2) is 0 Å². The summed E-state index contributed by atoms with van der Waals surface area (Å²) >= 11 is 0. The fraction of sp³-hybridized carbons (Fsp3) is 0.818.